The summed E-state index contributed by atoms with van der Waals surface area (Å²) in [6, 6.07) is 0. The molecule has 12 heteroatoms. The molecule has 0 saturated carbocycles. The minimum atomic E-state index is -1.14. The molecular formula is C17H23I2N3O7. The zero-order chi connectivity index (χ0) is 22.3. The lowest BCUT2D eigenvalue weighted by Crippen LogP contribution is -2.37. The maximum Gasteiger partial charge on any atom is 0.253 e. The molecule has 2 unspecified atom stereocenters. The van der Waals surface area contributed by atoms with Gasteiger partial charge in [-0.2, -0.15) is 0 Å². The van der Waals surface area contributed by atoms with Crippen LogP contribution in [0.15, 0.2) is 0 Å². The second-order valence-electron chi connectivity index (χ2n) is 6.15. The molecule has 3 amide bonds. The number of hydrogen-bond donors (Lipinski definition) is 7. The van der Waals surface area contributed by atoms with Crippen LogP contribution in [-0.4, -0.2) is 76.7 Å². The van der Waals surface area contributed by atoms with Gasteiger partial charge in [-0.15, -0.1) is 0 Å². The Bertz CT molecular complexity index is 736. The van der Waals surface area contributed by atoms with Crippen LogP contribution < -0.4 is 16.0 Å². The number of carbonyl (C=O) groups is 3. The summed E-state index contributed by atoms with van der Waals surface area (Å²) in [4.78, 5) is 37.1. The molecular weight excluding hydrogens is 612 g/mol. The molecule has 0 radical (unpaired) electrons. The molecule has 0 fully saturated rings. The smallest absolute Gasteiger partial charge is 0.253 e. The lowest BCUT2D eigenvalue weighted by atomic mass is 10.0. The van der Waals surface area contributed by atoms with Crippen LogP contribution in [0.1, 0.15) is 33.2 Å². The van der Waals surface area contributed by atoms with E-state index < -0.39 is 43.1 Å². The SMILES string of the molecule is CC(=O)Nc1c(C)c(C(=O)NCC(O)CO)c(I)c(C(=O)NCC(O)CO)c1I. The van der Waals surface area contributed by atoms with Crippen molar-refractivity contribution >= 4 is 68.6 Å². The Kier molecular flexibility index (Phi) is 10.7. The fraction of sp³-hybridized carbons (Fsp3) is 0.471. The molecule has 2 atom stereocenters. The second kappa shape index (κ2) is 11.9. The molecule has 29 heavy (non-hydrogen) atoms. The van der Waals surface area contributed by atoms with E-state index in [1.54, 1.807) is 6.92 Å². The number of hydrogen-bond acceptors (Lipinski definition) is 7. The number of anilines is 1. The Balaban J connectivity index is 3.45. The molecule has 0 aromatic heterocycles. The summed E-state index contributed by atoms with van der Waals surface area (Å²) < 4.78 is 0.716. The van der Waals surface area contributed by atoms with E-state index in [9.17, 15) is 24.6 Å². The number of aliphatic hydroxyl groups is 4. The monoisotopic (exact) mass is 635 g/mol. The van der Waals surface area contributed by atoms with E-state index in [4.69, 9.17) is 10.2 Å². The number of halogens is 2. The molecule has 1 aromatic rings. The highest BCUT2D eigenvalue weighted by atomic mass is 127. The Morgan fingerprint density at radius 2 is 1.34 bits per heavy atom. The predicted molar refractivity (Wildman–Crippen MR) is 122 cm³/mol. The zero-order valence-corrected chi connectivity index (χ0v) is 20.1. The Morgan fingerprint density at radius 1 is 0.897 bits per heavy atom. The van der Waals surface area contributed by atoms with Gasteiger partial charge in [-0.1, -0.05) is 0 Å². The largest absolute Gasteiger partial charge is 0.394 e. The second-order valence-corrected chi connectivity index (χ2v) is 8.31. The zero-order valence-electron chi connectivity index (χ0n) is 15.8. The summed E-state index contributed by atoms with van der Waals surface area (Å²) in [7, 11) is 0. The van der Waals surface area contributed by atoms with E-state index >= 15 is 0 Å². The lowest BCUT2D eigenvalue weighted by molar-refractivity contribution is -0.114. The first-order valence-corrected chi connectivity index (χ1v) is 10.6. The van der Waals surface area contributed by atoms with Crippen molar-refractivity contribution in [3.63, 3.8) is 0 Å². The Morgan fingerprint density at radius 3 is 1.76 bits per heavy atom. The van der Waals surface area contributed by atoms with Gasteiger partial charge in [0, 0.05) is 23.6 Å². The van der Waals surface area contributed by atoms with Crippen molar-refractivity contribution in [3.8, 4) is 0 Å². The van der Waals surface area contributed by atoms with Gasteiger partial charge in [-0.3, -0.25) is 14.4 Å². The standard InChI is InChI=1S/C17H23I2N3O7/c1-7-11(16(28)20-3-9(26)5-23)13(18)12(14(19)15(7)22-8(2)25)17(29)21-4-10(27)6-24/h9-10,23-24,26-27H,3-6H2,1-2H3,(H,20,28)(H,21,29)(H,22,25). The van der Waals surface area contributed by atoms with Gasteiger partial charge in [0.15, 0.2) is 0 Å². The quantitative estimate of drug-likeness (QED) is 0.177. The van der Waals surface area contributed by atoms with Gasteiger partial charge in [-0.25, -0.2) is 0 Å². The molecule has 0 spiro atoms. The Hall–Kier alpha value is -1.07. The molecule has 10 nitrogen and oxygen atoms in total. The highest BCUT2D eigenvalue weighted by Crippen LogP contribution is 2.34. The molecule has 0 aliphatic heterocycles. The van der Waals surface area contributed by atoms with Gasteiger partial charge < -0.3 is 36.4 Å². The van der Waals surface area contributed by atoms with Crippen molar-refractivity contribution in [3.05, 3.63) is 23.8 Å². The maximum atomic E-state index is 12.7. The highest BCUT2D eigenvalue weighted by Gasteiger charge is 2.27. The van der Waals surface area contributed by atoms with Gasteiger partial charge in [0.25, 0.3) is 11.8 Å². The summed E-state index contributed by atoms with van der Waals surface area (Å²) in [5.41, 5.74) is 0.975. The van der Waals surface area contributed by atoms with Crippen LogP contribution in [0.2, 0.25) is 0 Å². The van der Waals surface area contributed by atoms with Crippen molar-refractivity contribution in [2.24, 2.45) is 0 Å². The van der Waals surface area contributed by atoms with Crippen molar-refractivity contribution in [2.75, 3.05) is 31.6 Å². The summed E-state index contributed by atoms with van der Waals surface area (Å²) in [5.74, 6) is -1.58. The average molecular weight is 635 g/mol. The van der Waals surface area contributed by atoms with Gasteiger partial charge >= 0.3 is 0 Å². The van der Waals surface area contributed by atoms with Gasteiger partial charge in [-0.05, 0) is 57.7 Å². The number of carbonyl (C=O) groups excluding carboxylic acids is 3. The molecule has 162 valence electrons. The fourth-order valence-electron chi connectivity index (χ4n) is 2.32. The van der Waals surface area contributed by atoms with Crippen LogP contribution in [-0.2, 0) is 4.79 Å². The summed E-state index contributed by atoms with van der Waals surface area (Å²) in [5, 5.41) is 44.3. The van der Waals surface area contributed by atoms with Crippen molar-refractivity contribution in [1.82, 2.24) is 10.6 Å². The van der Waals surface area contributed by atoms with E-state index in [1.165, 1.54) is 6.92 Å². The molecule has 0 aliphatic carbocycles. The summed E-state index contributed by atoms with van der Waals surface area (Å²) in [6.45, 7) is 1.46. The Labute approximate surface area is 194 Å². The molecule has 1 rings (SSSR count). The molecule has 1 aromatic carbocycles. The predicted octanol–water partition coefficient (Wildman–Crippen LogP) is -0.671. The van der Waals surface area contributed by atoms with Crippen LogP contribution in [0.5, 0.6) is 0 Å². The van der Waals surface area contributed by atoms with Crippen LogP contribution in [0.25, 0.3) is 0 Å². The topological polar surface area (TPSA) is 168 Å². The molecule has 7 N–H and O–H groups in total. The lowest BCUT2D eigenvalue weighted by Gasteiger charge is -2.20. The average Bonchev–Trinajstić information content (AvgIpc) is 2.67. The molecule has 0 aliphatic rings. The third-order valence-electron chi connectivity index (χ3n) is 3.80. The highest BCUT2D eigenvalue weighted by molar-refractivity contribution is 14.1. The van der Waals surface area contributed by atoms with Crippen LogP contribution in [0.3, 0.4) is 0 Å². The van der Waals surface area contributed by atoms with E-state index in [0.717, 1.165) is 0 Å². The van der Waals surface area contributed by atoms with Crippen LogP contribution >= 0.6 is 45.2 Å². The number of benzene rings is 1. The fourth-order valence-corrected chi connectivity index (χ4v) is 5.06. The first-order valence-electron chi connectivity index (χ1n) is 8.48. The third kappa shape index (κ3) is 6.99. The summed E-state index contributed by atoms with van der Waals surface area (Å²) >= 11 is 3.73. The normalized spacial score (nSPS) is 12.8. The minimum absolute atomic E-state index is 0.124. The minimum Gasteiger partial charge on any atom is -0.394 e. The maximum absolute atomic E-state index is 12.7. The van der Waals surface area contributed by atoms with Gasteiger partial charge in [0.1, 0.15) is 0 Å². The molecule has 0 bridgehead atoms. The number of aliphatic hydroxyl groups excluding tert-OH is 4. The van der Waals surface area contributed by atoms with E-state index in [0.29, 0.717) is 18.4 Å². The number of nitrogens with one attached hydrogen (secondary N) is 3. The third-order valence-corrected chi connectivity index (χ3v) is 5.96. The first-order chi connectivity index (χ1) is 13.5. The van der Waals surface area contributed by atoms with E-state index in [1.807, 2.05) is 45.2 Å². The van der Waals surface area contributed by atoms with Gasteiger partial charge in [0.05, 0.1) is 45.8 Å². The van der Waals surface area contributed by atoms with Crippen molar-refractivity contribution in [2.45, 2.75) is 26.1 Å². The van der Waals surface area contributed by atoms with Gasteiger partial charge in [0.2, 0.25) is 5.91 Å². The van der Waals surface area contributed by atoms with Crippen LogP contribution in [0.4, 0.5) is 5.69 Å². The molecule has 0 saturated heterocycles. The van der Waals surface area contributed by atoms with E-state index in [2.05, 4.69) is 16.0 Å². The number of amides is 3. The molecule has 0 heterocycles. The van der Waals surface area contributed by atoms with Crippen molar-refractivity contribution < 1.29 is 34.8 Å². The first kappa shape index (κ1) is 26.0. The summed E-state index contributed by atoms with van der Waals surface area (Å²) in [6.07, 6.45) is -2.28. The van der Waals surface area contributed by atoms with E-state index in [-0.39, 0.29) is 24.2 Å². The number of rotatable bonds is 9. The van der Waals surface area contributed by atoms with Crippen LogP contribution in [0, 0.1) is 14.1 Å². The van der Waals surface area contributed by atoms with Crippen molar-refractivity contribution in [1.29, 1.82) is 0 Å².